The lowest BCUT2D eigenvalue weighted by atomic mass is 10.2. The Balaban J connectivity index is 1.80. The highest BCUT2D eigenvalue weighted by Gasteiger charge is 2.39. The Morgan fingerprint density at radius 1 is 1.12 bits per heavy atom. The molecule has 8 heteroatoms. The number of anilines is 1. The van der Waals surface area contributed by atoms with E-state index in [-0.39, 0.29) is 11.4 Å². The van der Waals surface area contributed by atoms with Gasteiger partial charge < -0.3 is 5.32 Å². The van der Waals surface area contributed by atoms with E-state index in [2.05, 4.69) is 5.32 Å². The lowest BCUT2D eigenvalue weighted by molar-refractivity contribution is -0.119. The molecule has 1 saturated heterocycles. The molecule has 0 aromatic heterocycles. The Bertz CT molecular complexity index is 870. The van der Waals surface area contributed by atoms with Crippen LogP contribution in [0.5, 0.6) is 0 Å². The van der Waals surface area contributed by atoms with Gasteiger partial charge in [0.1, 0.15) is 11.9 Å². The Labute approximate surface area is 150 Å². The van der Waals surface area contributed by atoms with E-state index in [1.165, 1.54) is 16.4 Å². The van der Waals surface area contributed by atoms with Crippen molar-refractivity contribution in [1.29, 1.82) is 0 Å². The van der Waals surface area contributed by atoms with Gasteiger partial charge in [0.15, 0.2) is 0 Å². The van der Waals surface area contributed by atoms with Crippen LogP contribution in [0, 0.1) is 5.82 Å². The zero-order valence-corrected chi connectivity index (χ0v) is 14.7. The third kappa shape index (κ3) is 3.84. The van der Waals surface area contributed by atoms with Gasteiger partial charge in [-0.15, -0.1) is 0 Å². The third-order valence-electron chi connectivity index (χ3n) is 4.04. The van der Waals surface area contributed by atoms with Gasteiger partial charge in [0, 0.05) is 17.3 Å². The minimum atomic E-state index is -3.86. The van der Waals surface area contributed by atoms with Crippen molar-refractivity contribution < 1.29 is 17.6 Å². The minimum Gasteiger partial charge on any atom is -0.325 e. The highest BCUT2D eigenvalue weighted by atomic mass is 35.5. The van der Waals surface area contributed by atoms with E-state index in [4.69, 9.17) is 11.6 Å². The van der Waals surface area contributed by atoms with Gasteiger partial charge in [-0.05, 0) is 61.4 Å². The first-order valence-corrected chi connectivity index (χ1v) is 9.53. The van der Waals surface area contributed by atoms with E-state index in [0.29, 0.717) is 23.6 Å². The molecule has 1 N–H and O–H groups in total. The van der Waals surface area contributed by atoms with Gasteiger partial charge in [-0.3, -0.25) is 4.79 Å². The molecule has 0 bridgehead atoms. The molecule has 2 aromatic carbocycles. The zero-order chi connectivity index (χ0) is 18.0. The lowest BCUT2D eigenvalue weighted by Gasteiger charge is -2.23. The summed E-state index contributed by atoms with van der Waals surface area (Å²) in [6.07, 6.45) is 1.01. The van der Waals surface area contributed by atoms with E-state index >= 15 is 0 Å². The van der Waals surface area contributed by atoms with Crippen molar-refractivity contribution in [2.45, 2.75) is 23.8 Å². The lowest BCUT2D eigenvalue weighted by Crippen LogP contribution is -2.43. The minimum absolute atomic E-state index is 0.0277. The maximum Gasteiger partial charge on any atom is 0.243 e. The number of carbonyl (C=O) groups is 1. The molecule has 2 aromatic rings. The molecule has 1 heterocycles. The van der Waals surface area contributed by atoms with Crippen molar-refractivity contribution in [2.75, 3.05) is 11.9 Å². The molecular formula is C17H16ClFN2O3S. The van der Waals surface area contributed by atoms with E-state index in [0.717, 1.165) is 12.1 Å². The number of benzene rings is 2. The van der Waals surface area contributed by atoms with Gasteiger partial charge in [0.05, 0.1) is 4.90 Å². The third-order valence-corrected chi connectivity index (χ3v) is 6.21. The molecule has 5 nitrogen and oxygen atoms in total. The maximum absolute atomic E-state index is 13.0. The zero-order valence-electron chi connectivity index (χ0n) is 13.2. The number of nitrogens with zero attached hydrogens (tertiary/aromatic N) is 1. The van der Waals surface area contributed by atoms with Gasteiger partial charge >= 0.3 is 0 Å². The molecule has 1 fully saturated rings. The standard InChI is InChI=1S/C17H16ClFN2O3S/c18-12-3-7-14(8-4-12)20-17(22)16-2-1-11-21(16)25(23,24)15-9-5-13(19)6-10-15/h3-10,16H,1-2,11H2,(H,20,22). The summed E-state index contributed by atoms with van der Waals surface area (Å²) >= 11 is 5.81. The normalized spacial score (nSPS) is 18.2. The number of amides is 1. The van der Waals surface area contributed by atoms with Crippen LogP contribution in [0.1, 0.15) is 12.8 Å². The monoisotopic (exact) mass is 382 g/mol. The van der Waals surface area contributed by atoms with Gasteiger partial charge in [-0.25, -0.2) is 12.8 Å². The summed E-state index contributed by atoms with van der Waals surface area (Å²) in [5.74, 6) is -0.914. The van der Waals surface area contributed by atoms with E-state index in [1.54, 1.807) is 24.3 Å². The van der Waals surface area contributed by atoms with Crippen LogP contribution in [-0.4, -0.2) is 31.2 Å². The second-order valence-electron chi connectivity index (χ2n) is 5.72. The maximum atomic E-state index is 13.0. The molecule has 1 unspecified atom stereocenters. The number of hydrogen-bond acceptors (Lipinski definition) is 3. The number of halogens is 2. The first-order chi connectivity index (χ1) is 11.9. The highest BCUT2D eigenvalue weighted by Crippen LogP contribution is 2.27. The summed E-state index contributed by atoms with van der Waals surface area (Å²) in [7, 11) is -3.86. The van der Waals surface area contributed by atoms with Crippen LogP contribution in [0.4, 0.5) is 10.1 Å². The Morgan fingerprint density at radius 3 is 2.40 bits per heavy atom. The van der Waals surface area contributed by atoms with E-state index in [9.17, 15) is 17.6 Å². The molecule has 1 atom stereocenters. The van der Waals surface area contributed by atoms with Crippen LogP contribution in [0.25, 0.3) is 0 Å². The second-order valence-corrected chi connectivity index (χ2v) is 8.05. The summed E-state index contributed by atoms with van der Waals surface area (Å²) in [6, 6.07) is 10.4. The van der Waals surface area contributed by atoms with Gasteiger partial charge in [0.25, 0.3) is 0 Å². The Hall–Kier alpha value is -1.96. The molecule has 0 saturated carbocycles. The van der Waals surface area contributed by atoms with Crippen LogP contribution >= 0.6 is 11.6 Å². The number of carbonyl (C=O) groups excluding carboxylic acids is 1. The van der Waals surface area contributed by atoms with Gasteiger partial charge in [-0.1, -0.05) is 11.6 Å². The van der Waals surface area contributed by atoms with Crippen LogP contribution < -0.4 is 5.32 Å². The average Bonchev–Trinajstić information content (AvgIpc) is 3.08. The molecule has 1 amide bonds. The molecule has 3 rings (SSSR count). The van der Waals surface area contributed by atoms with Crippen LogP contribution in [-0.2, 0) is 14.8 Å². The molecule has 25 heavy (non-hydrogen) atoms. The predicted octanol–water partition coefficient (Wildman–Crippen LogP) is 3.27. The second kappa shape index (κ2) is 7.11. The fourth-order valence-corrected chi connectivity index (χ4v) is 4.57. The van der Waals surface area contributed by atoms with Gasteiger partial charge in [-0.2, -0.15) is 4.31 Å². The van der Waals surface area contributed by atoms with E-state index in [1.807, 2.05) is 0 Å². The van der Waals surface area contributed by atoms with Crippen molar-refractivity contribution in [1.82, 2.24) is 4.31 Å². The summed E-state index contributed by atoms with van der Waals surface area (Å²) < 4.78 is 39.7. The molecule has 0 radical (unpaired) electrons. The Morgan fingerprint density at radius 2 is 1.76 bits per heavy atom. The van der Waals surface area contributed by atoms with Crippen molar-refractivity contribution >= 4 is 33.2 Å². The topological polar surface area (TPSA) is 66.5 Å². The summed E-state index contributed by atoms with van der Waals surface area (Å²) in [4.78, 5) is 12.5. The molecule has 0 aliphatic carbocycles. The van der Waals surface area contributed by atoms with Crippen LogP contribution in [0.2, 0.25) is 5.02 Å². The fourth-order valence-electron chi connectivity index (χ4n) is 2.79. The quantitative estimate of drug-likeness (QED) is 0.882. The fraction of sp³-hybridized carbons (Fsp3) is 0.235. The molecular weight excluding hydrogens is 367 g/mol. The van der Waals surface area contributed by atoms with Crippen molar-refractivity contribution in [3.63, 3.8) is 0 Å². The van der Waals surface area contributed by atoms with Crippen molar-refractivity contribution in [2.24, 2.45) is 0 Å². The first kappa shape index (κ1) is 17.8. The molecule has 132 valence electrons. The van der Waals surface area contributed by atoms with Crippen LogP contribution in [0.15, 0.2) is 53.4 Å². The largest absolute Gasteiger partial charge is 0.325 e. The molecule has 0 spiro atoms. The average molecular weight is 383 g/mol. The van der Waals surface area contributed by atoms with Crippen molar-refractivity contribution in [3.8, 4) is 0 Å². The van der Waals surface area contributed by atoms with Gasteiger partial charge in [0.2, 0.25) is 15.9 Å². The number of nitrogens with one attached hydrogen (secondary N) is 1. The van der Waals surface area contributed by atoms with E-state index < -0.39 is 27.8 Å². The number of sulfonamides is 1. The number of rotatable bonds is 4. The summed E-state index contributed by atoms with van der Waals surface area (Å²) in [5, 5.41) is 3.25. The summed E-state index contributed by atoms with van der Waals surface area (Å²) in [6.45, 7) is 0.248. The Kier molecular flexibility index (Phi) is 5.08. The molecule has 1 aliphatic heterocycles. The summed E-state index contributed by atoms with van der Waals surface area (Å²) in [5.41, 5.74) is 0.542. The first-order valence-electron chi connectivity index (χ1n) is 7.72. The highest BCUT2D eigenvalue weighted by molar-refractivity contribution is 7.89. The number of hydrogen-bond donors (Lipinski definition) is 1. The molecule has 1 aliphatic rings. The van der Waals surface area contributed by atoms with Crippen molar-refractivity contribution in [3.05, 3.63) is 59.4 Å². The predicted molar refractivity (Wildman–Crippen MR) is 93.4 cm³/mol. The van der Waals surface area contributed by atoms with Crippen LogP contribution in [0.3, 0.4) is 0 Å². The SMILES string of the molecule is O=C(Nc1ccc(Cl)cc1)C1CCCN1S(=O)(=O)c1ccc(F)cc1. The smallest absolute Gasteiger partial charge is 0.243 e.